The van der Waals surface area contributed by atoms with Crippen molar-refractivity contribution < 1.29 is 5.11 Å². The predicted molar refractivity (Wildman–Crippen MR) is 82.4 cm³/mol. The van der Waals surface area contributed by atoms with Crippen molar-refractivity contribution in [2.75, 3.05) is 20.6 Å². The largest absolute Gasteiger partial charge is 0.508 e. The van der Waals surface area contributed by atoms with E-state index in [2.05, 4.69) is 46.7 Å². The van der Waals surface area contributed by atoms with E-state index >= 15 is 0 Å². The lowest BCUT2D eigenvalue weighted by Gasteiger charge is -2.39. The molecule has 2 atom stereocenters. The number of rotatable bonds is 3. The van der Waals surface area contributed by atoms with Gasteiger partial charge < -0.3 is 10.0 Å². The summed E-state index contributed by atoms with van der Waals surface area (Å²) in [6.07, 6.45) is 2.43. The zero-order chi connectivity index (χ0) is 14.0. The number of hydrogen-bond acceptors (Lipinski definition) is 3. The Morgan fingerprint density at radius 2 is 2.21 bits per heavy atom. The number of halogens is 1. The molecule has 1 aliphatic rings. The molecule has 0 bridgehead atoms. The van der Waals surface area contributed by atoms with E-state index in [4.69, 9.17) is 0 Å². The van der Waals surface area contributed by atoms with Crippen LogP contribution in [0.25, 0.3) is 0 Å². The molecule has 106 valence electrons. The highest BCUT2D eigenvalue weighted by Gasteiger charge is 2.25. The summed E-state index contributed by atoms with van der Waals surface area (Å²) in [6.45, 7) is 4.33. The van der Waals surface area contributed by atoms with Crippen LogP contribution in [0.15, 0.2) is 22.7 Å². The van der Waals surface area contributed by atoms with Crippen molar-refractivity contribution in [3.63, 3.8) is 0 Å². The third-order valence-corrected chi connectivity index (χ3v) is 5.03. The Kier molecular flexibility index (Phi) is 4.87. The molecule has 0 amide bonds. The van der Waals surface area contributed by atoms with Gasteiger partial charge in [0.25, 0.3) is 0 Å². The van der Waals surface area contributed by atoms with E-state index in [9.17, 15) is 5.11 Å². The average molecular weight is 327 g/mol. The molecule has 1 heterocycles. The Balaban J connectivity index is 2.01. The predicted octanol–water partition coefficient (Wildman–Crippen LogP) is 3.07. The van der Waals surface area contributed by atoms with Crippen molar-refractivity contribution in [2.24, 2.45) is 0 Å². The van der Waals surface area contributed by atoms with Crippen molar-refractivity contribution in [3.05, 3.63) is 28.2 Å². The summed E-state index contributed by atoms with van der Waals surface area (Å²) in [5, 5.41) is 9.59. The Labute approximate surface area is 124 Å². The lowest BCUT2D eigenvalue weighted by atomic mass is 9.97. The highest BCUT2D eigenvalue weighted by Crippen LogP contribution is 2.26. The van der Waals surface area contributed by atoms with Crippen LogP contribution in [-0.4, -0.2) is 47.6 Å². The maximum Gasteiger partial charge on any atom is 0.115 e. The Morgan fingerprint density at radius 3 is 2.89 bits per heavy atom. The van der Waals surface area contributed by atoms with Crippen LogP contribution in [0.2, 0.25) is 0 Å². The van der Waals surface area contributed by atoms with Crippen molar-refractivity contribution in [1.82, 2.24) is 9.80 Å². The van der Waals surface area contributed by atoms with E-state index in [1.807, 2.05) is 12.1 Å². The minimum absolute atomic E-state index is 0.336. The molecule has 0 radical (unpaired) electrons. The summed E-state index contributed by atoms with van der Waals surface area (Å²) in [5.41, 5.74) is 1.15. The number of phenols is 1. The number of nitrogens with zero attached hydrogens (tertiary/aromatic N) is 2. The quantitative estimate of drug-likeness (QED) is 0.924. The average Bonchev–Trinajstić information content (AvgIpc) is 2.37. The molecule has 0 spiro atoms. The first-order valence-corrected chi connectivity index (χ1v) is 7.64. The molecule has 4 heteroatoms. The summed E-state index contributed by atoms with van der Waals surface area (Å²) >= 11 is 3.56. The molecule has 1 fully saturated rings. The standard InChI is InChI=1S/C15H23BrN2O/c1-11-8-13(6-7-17(11)2)18(3)10-12-9-14(19)4-5-15(12)16/h4-5,9,11,13,19H,6-8,10H2,1-3H3/t11-,13+/m0/s1. The van der Waals surface area contributed by atoms with Crippen LogP contribution in [0.4, 0.5) is 0 Å². The van der Waals surface area contributed by atoms with Gasteiger partial charge >= 0.3 is 0 Å². The molecule has 0 aromatic heterocycles. The normalized spacial score (nSPS) is 24.9. The number of benzene rings is 1. The summed E-state index contributed by atoms with van der Waals surface area (Å²) in [7, 11) is 4.38. The van der Waals surface area contributed by atoms with Gasteiger partial charge in [0.1, 0.15) is 5.75 Å². The zero-order valence-corrected chi connectivity index (χ0v) is 13.5. The Morgan fingerprint density at radius 1 is 1.47 bits per heavy atom. The molecule has 0 unspecified atom stereocenters. The van der Waals surface area contributed by atoms with E-state index in [0.717, 1.165) is 23.1 Å². The second kappa shape index (κ2) is 6.25. The molecule has 1 aliphatic heterocycles. The van der Waals surface area contributed by atoms with Gasteiger partial charge in [0.05, 0.1) is 0 Å². The minimum Gasteiger partial charge on any atom is -0.508 e. The fraction of sp³-hybridized carbons (Fsp3) is 0.600. The first-order valence-electron chi connectivity index (χ1n) is 6.85. The number of likely N-dealkylation sites (tertiary alicyclic amines) is 1. The molecular weight excluding hydrogens is 304 g/mol. The fourth-order valence-electron chi connectivity index (χ4n) is 2.75. The number of phenolic OH excluding ortho intramolecular Hbond substituents is 1. The van der Waals surface area contributed by atoms with Gasteiger partial charge in [-0.2, -0.15) is 0 Å². The zero-order valence-electron chi connectivity index (χ0n) is 11.9. The molecule has 1 aromatic rings. The van der Waals surface area contributed by atoms with Gasteiger partial charge in [0.15, 0.2) is 0 Å². The van der Waals surface area contributed by atoms with Crippen molar-refractivity contribution in [1.29, 1.82) is 0 Å². The van der Waals surface area contributed by atoms with Crippen molar-refractivity contribution in [3.8, 4) is 5.75 Å². The number of hydrogen-bond donors (Lipinski definition) is 1. The van der Waals surface area contributed by atoms with Crippen LogP contribution in [0, 0.1) is 0 Å². The van der Waals surface area contributed by atoms with Crippen molar-refractivity contribution in [2.45, 2.75) is 38.4 Å². The number of piperidine rings is 1. The lowest BCUT2D eigenvalue weighted by molar-refractivity contribution is 0.101. The minimum atomic E-state index is 0.336. The smallest absolute Gasteiger partial charge is 0.115 e. The maximum atomic E-state index is 9.59. The van der Waals surface area contributed by atoms with E-state index in [-0.39, 0.29) is 0 Å². The summed E-state index contributed by atoms with van der Waals surface area (Å²) < 4.78 is 1.07. The Hall–Kier alpha value is -0.580. The fourth-order valence-corrected chi connectivity index (χ4v) is 3.12. The molecular formula is C15H23BrN2O. The molecule has 1 saturated heterocycles. The van der Waals surface area contributed by atoms with Crippen LogP contribution >= 0.6 is 15.9 Å². The third kappa shape index (κ3) is 3.71. The highest BCUT2D eigenvalue weighted by molar-refractivity contribution is 9.10. The van der Waals surface area contributed by atoms with Crippen LogP contribution in [0.1, 0.15) is 25.3 Å². The van der Waals surface area contributed by atoms with Gasteiger partial charge in [-0.15, -0.1) is 0 Å². The maximum absolute atomic E-state index is 9.59. The molecule has 0 saturated carbocycles. The van der Waals surface area contributed by atoms with Gasteiger partial charge in [0, 0.05) is 23.1 Å². The van der Waals surface area contributed by atoms with E-state index < -0.39 is 0 Å². The first kappa shape index (κ1) is 14.8. The molecule has 1 aromatic carbocycles. The third-order valence-electron chi connectivity index (χ3n) is 4.25. The summed E-state index contributed by atoms with van der Waals surface area (Å²) in [5.74, 6) is 0.336. The topological polar surface area (TPSA) is 26.7 Å². The molecule has 19 heavy (non-hydrogen) atoms. The molecule has 3 nitrogen and oxygen atoms in total. The van der Waals surface area contributed by atoms with E-state index in [0.29, 0.717) is 17.8 Å². The number of aromatic hydroxyl groups is 1. The van der Waals surface area contributed by atoms with Crippen LogP contribution in [0.3, 0.4) is 0 Å². The summed E-state index contributed by atoms with van der Waals surface area (Å²) in [4.78, 5) is 4.83. The summed E-state index contributed by atoms with van der Waals surface area (Å²) in [6, 6.07) is 6.74. The van der Waals surface area contributed by atoms with Crippen LogP contribution < -0.4 is 0 Å². The van der Waals surface area contributed by atoms with E-state index in [1.54, 1.807) is 6.07 Å². The van der Waals surface area contributed by atoms with Gasteiger partial charge in [-0.25, -0.2) is 0 Å². The van der Waals surface area contributed by atoms with Gasteiger partial charge in [0.2, 0.25) is 0 Å². The van der Waals surface area contributed by atoms with Gasteiger partial charge in [-0.05, 0) is 64.2 Å². The highest BCUT2D eigenvalue weighted by atomic mass is 79.9. The van der Waals surface area contributed by atoms with Gasteiger partial charge in [-0.3, -0.25) is 4.90 Å². The molecule has 1 N–H and O–H groups in total. The van der Waals surface area contributed by atoms with Gasteiger partial charge in [-0.1, -0.05) is 15.9 Å². The lowest BCUT2D eigenvalue weighted by Crippen LogP contribution is -2.46. The Bertz CT molecular complexity index is 438. The SMILES string of the molecule is C[C@H]1C[C@H](N(C)Cc2cc(O)ccc2Br)CCN1C. The second-order valence-electron chi connectivity index (χ2n) is 5.70. The second-order valence-corrected chi connectivity index (χ2v) is 6.55. The van der Waals surface area contributed by atoms with Crippen LogP contribution in [-0.2, 0) is 6.54 Å². The molecule has 2 rings (SSSR count). The van der Waals surface area contributed by atoms with Crippen LogP contribution in [0.5, 0.6) is 5.75 Å². The monoisotopic (exact) mass is 326 g/mol. The van der Waals surface area contributed by atoms with E-state index in [1.165, 1.54) is 12.8 Å². The molecule has 0 aliphatic carbocycles. The van der Waals surface area contributed by atoms with Crippen molar-refractivity contribution >= 4 is 15.9 Å². The first-order chi connectivity index (χ1) is 8.97.